The van der Waals surface area contributed by atoms with Gasteiger partial charge in [-0.2, -0.15) is 5.26 Å². The van der Waals surface area contributed by atoms with E-state index < -0.39 is 0 Å². The van der Waals surface area contributed by atoms with Crippen LogP contribution in [-0.4, -0.2) is 9.55 Å². The smallest absolute Gasteiger partial charge is 0.135 e. The molecule has 4 heteroatoms. The first-order chi connectivity index (χ1) is 16.8. The number of allylic oxidation sites excluding steroid dienone is 1. The van der Waals surface area contributed by atoms with Crippen molar-refractivity contribution in [2.45, 2.75) is 0 Å². The van der Waals surface area contributed by atoms with Crippen molar-refractivity contribution in [2.75, 3.05) is 0 Å². The largest absolute Gasteiger partial charge is 0.309 e. The van der Waals surface area contributed by atoms with Crippen LogP contribution in [0.3, 0.4) is 0 Å². The van der Waals surface area contributed by atoms with Gasteiger partial charge in [0.05, 0.1) is 27.0 Å². The summed E-state index contributed by atoms with van der Waals surface area (Å²) in [5.74, 6) is 0. The molecule has 0 aliphatic heterocycles. The Balaban J connectivity index is 1.68. The molecule has 0 aliphatic rings. The van der Waals surface area contributed by atoms with Crippen molar-refractivity contribution in [3.05, 3.63) is 120 Å². The molecule has 0 saturated heterocycles. The Morgan fingerprint density at radius 1 is 0.794 bits per heavy atom. The van der Waals surface area contributed by atoms with Gasteiger partial charge >= 0.3 is 0 Å². The van der Waals surface area contributed by atoms with Gasteiger partial charge in [-0.25, -0.2) is 4.98 Å². The highest BCUT2D eigenvalue weighted by molar-refractivity contribution is 7.19. The summed E-state index contributed by atoms with van der Waals surface area (Å²) in [6, 6.07) is 39.5. The average Bonchev–Trinajstić information content (AvgIpc) is 3.47. The van der Waals surface area contributed by atoms with Crippen molar-refractivity contribution < 1.29 is 0 Å². The number of nitrogens with zero attached hydrogens (tertiary/aromatic N) is 3. The van der Waals surface area contributed by atoms with E-state index in [0.29, 0.717) is 5.57 Å². The highest BCUT2D eigenvalue weighted by Crippen LogP contribution is 2.39. The molecule has 2 heterocycles. The van der Waals surface area contributed by atoms with Crippen LogP contribution in [-0.2, 0) is 0 Å². The number of benzene rings is 4. The fraction of sp³-hybridized carbons (Fsp3) is 0. The van der Waals surface area contributed by atoms with E-state index in [9.17, 15) is 5.26 Å². The fourth-order valence-electron chi connectivity index (χ4n) is 4.41. The van der Waals surface area contributed by atoms with Crippen molar-refractivity contribution in [3.8, 4) is 23.0 Å². The van der Waals surface area contributed by atoms with Crippen molar-refractivity contribution in [1.82, 2.24) is 9.55 Å². The van der Waals surface area contributed by atoms with Crippen molar-refractivity contribution in [3.63, 3.8) is 0 Å². The van der Waals surface area contributed by atoms with E-state index in [4.69, 9.17) is 4.98 Å². The first-order valence-corrected chi connectivity index (χ1v) is 11.9. The van der Waals surface area contributed by atoms with E-state index in [1.807, 2.05) is 48.5 Å². The molecule has 0 atom stereocenters. The minimum atomic E-state index is 0.564. The quantitative estimate of drug-likeness (QED) is 0.254. The standard InChI is InChI=1S/C30H19N3S/c31-20-22(30-32-26-16-8-10-18-28(26)34-30)19-25-24-15-7-9-17-27(24)33(23-13-5-2-6-14-23)29(25)21-11-3-1-4-12-21/h1-19H/b22-19+. The lowest BCUT2D eigenvalue weighted by molar-refractivity contribution is 1.13. The lowest BCUT2D eigenvalue weighted by Crippen LogP contribution is -1.97. The van der Waals surface area contributed by atoms with Gasteiger partial charge in [0, 0.05) is 16.6 Å². The molecule has 0 fully saturated rings. The Morgan fingerprint density at radius 2 is 1.47 bits per heavy atom. The first kappa shape index (κ1) is 20.2. The molecule has 0 spiro atoms. The predicted octanol–water partition coefficient (Wildman–Crippen LogP) is 7.97. The van der Waals surface area contributed by atoms with Gasteiger partial charge in [0.1, 0.15) is 11.1 Å². The zero-order valence-corrected chi connectivity index (χ0v) is 19.0. The van der Waals surface area contributed by atoms with Crippen LogP contribution in [0, 0.1) is 11.3 Å². The monoisotopic (exact) mass is 453 g/mol. The first-order valence-electron chi connectivity index (χ1n) is 11.1. The normalized spacial score (nSPS) is 11.7. The lowest BCUT2D eigenvalue weighted by atomic mass is 10.0. The van der Waals surface area contributed by atoms with Gasteiger partial charge in [-0.05, 0) is 42.0 Å². The van der Waals surface area contributed by atoms with E-state index in [0.717, 1.165) is 48.6 Å². The molecule has 160 valence electrons. The van der Waals surface area contributed by atoms with Gasteiger partial charge in [-0.15, -0.1) is 11.3 Å². The molecule has 0 N–H and O–H groups in total. The Kier molecular flexibility index (Phi) is 5.03. The Morgan fingerprint density at radius 3 is 2.24 bits per heavy atom. The van der Waals surface area contributed by atoms with Gasteiger partial charge in [0.25, 0.3) is 0 Å². The fourth-order valence-corrected chi connectivity index (χ4v) is 5.34. The molecular formula is C30H19N3S. The van der Waals surface area contributed by atoms with E-state index in [1.165, 1.54) is 0 Å². The third-order valence-electron chi connectivity index (χ3n) is 5.91. The van der Waals surface area contributed by atoms with Crippen LogP contribution < -0.4 is 0 Å². The van der Waals surface area contributed by atoms with Crippen molar-refractivity contribution in [2.24, 2.45) is 0 Å². The Labute approximate surface area is 201 Å². The maximum atomic E-state index is 10.2. The molecular weight excluding hydrogens is 434 g/mol. The lowest BCUT2D eigenvalue weighted by Gasteiger charge is -2.12. The molecule has 0 saturated carbocycles. The molecule has 4 aromatic carbocycles. The highest BCUT2D eigenvalue weighted by atomic mass is 32.1. The summed E-state index contributed by atoms with van der Waals surface area (Å²) >= 11 is 1.55. The van der Waals surface area contributed by atoms with Crippen LogP contribution in [0.2, 0.25) is 0 Å². The number of rotatable bonds is 4. The summed E-state index contributed by atoms with van der Waals surface area (Å²) in [6.07, 6.45) is 2.00. The summed E-state index contributed by atoms with van der Waals surface area (Å²) in [6.45, 7) is 0. The molecule has 0 aliphatic carbocycles. The molecule has 2 aromatic heterocycles. The maximum Gasteiger partial charge on any atom is 0.135 e. The van der Waals surface area contributed by atoms with Crippen LogP contribution >= 0.6 is 11.3 Å². The average molecular weight is 454 g/mol. The Hall–Kier alpha value is -4.46. The zero-order chi connectivity index (χ0) is 22.9. The van der Waals surface area contributed by atoms with E-state index in [1.54, 1.807) is 11.3 Å². The summed E-state index contributed by atoms with van der Waals surface area (Å²) in [4.78, 5) is 4.75. The van der Waals surface area contributed by atoms with E-state index >= 15 is 0 Å². The third-order valence-corrected chi connectivity index (χ3v) is 6.98. The van der Waals surface area contributed by atoms with Crippen LogP contribution in [0.25, 0.3) is 49.7 Å². The van der Waals surface area contributed by atoms with Crippen LogP contribution in [0.5, 0.6) is 0 Å². The van der Waals surface area contributed by atoms with Crippen LogP contribution in [0.1, 0.15) is 10.6 Å². The van der Waals surface area contributed by atoms with Crippen molar-refractivity contribution >= 4 is 44.1 Å². The topological polar surface area (TPSA) is 41.6 Å². The summed E-state index contributed by atoms with van der Waals surface area (Å²) in [5, 5.41) is 12.0. The molecule has 0 bridgehead atoms. The number of hydrogen-bond acceptors (Lipinski definition) is 3. The second-order valence-corrected chi connectivity index (χ2v) is 9.00. The Bertz CT molecular complexity index is 1670. The highest BCUT2D eigenvalue weighted by Gasteiger charge is 2.20. The van der Waals surface area contributed by atoms with Gasteiger partial charge < -0.3 is 4.57 Å². The van der Waals surface area contributed by atoms with Gasteiger partial charge in [-0.3, -0.25) is 0 Å². The molecule has 0 unspecified atom stereocenters. The van der Waals surface area contributed by atoms with Crippen LogP contribution in [0.15, 0.2) is 109 Å². The summed E-state index contributed by atoms with van der Waals surface area (Å²) in [7, 11) is 0. The van der Waals surface area contributed by atoms with Crippen molar-refractivity contribution in [1.29, 1.82) is 5.26 Å². The van der Waals surface area contributed by atoms with E-state index in [-0.39, 0.29) is 0 Å². The molecule has 3 nitrogen and oxygen atoms in total. The number of nitriles is 1. The molecule has 34 heavy (non-hydrogen) atoms. The number of thiazole rings is 1. The molecule has 0 amide bonds. The molecule has 0 radical (unpaired) electrons. The second-order valence-electron chi connectivity index (χ2n) is 7.97. The molecule has 6 aromatic rings. The predicted molar refractivity (Wildman–Crippen MR) is 142 cm³/mol. The van der Waals surface area contributed by atoms with Gasteiger partial charge in [0.15, 0.2) is 0 Å². The SMILES string of the molecule is N#C/C(=C\c1c(-c2ccccc2)n(-c2ccccc2)c2ccccc12)c1nc2ccccc2s1. The van der Waals surface area contributed by atoms with E-state index in [2.05, 4.69) is 77.4 Å². The maximum absolute atomic E-state index is 10.2. The molecule has 6 rings (SSSR count). The second kappa shape index (κ2) is 8.47. The number of fused-ring (bicyclic) bond motifs is 2. The number of para-hydroxylation sites is 3. The van der Waals surface area contributed by atoms with Gasteiger partial charge in [0.2, 0.25) is 0 Å². The minimum absolute atomic E-state index is 0.564. The summed E-state index contributed by atoms with van der Waals surface area (Å²) < 4.78 is 3.36. The number of hydrogen-bond donors (Lipinski definition) is 0. The number of aromatic nitrogens is 2. The van der Waals surface area contributed by atoms with Gasteiger partial charge in [-0.1, -0.05) is 78.9 Å². The van der Waals surface area contributed by atoms with Crippen LogP contribution in [0.4, 0.5) is 0 Å². The minimum Gasteiger partial charge on any atom is -0.309 e. The zero-order valence-electron chi connectivity index (χ0n) is 18.2. The summed E-state index contributed by atoms with van der Waals surface area (Å²) in [5.41, 5.74) is 6.82. The third kappa shape index (κ3) is 3.40.